The molecule has 2 saturated heterocycles. The van der Waals surface area contributed by atoms with E-state index in [0.717, 1.165) is 24.8 Å². The van der Waals surface area contributed by atoms with Crippen molar-refractivity contribution in [3.63, 3.8) is 0 Å². The van der Waals surface area contributed by atoms with Crippen LogP contribution in [0.15, 0.2) is 29.2 Å². The van der Waals surface area contributed by atoms with Crippen LogP contribution in [0.5, 0.6) is 0 Å². The SMILES string of the molecule is Cc1[nH]c(C)c(S(=O)(=O)N2CCC(C(=O)NCc3ccccc3Cl)CC2)c1C(=O)N1CCCCC1. The summed E-state index contributed by atoms with van der Waals surface area (Å²) in [5, 5.41) is 3.52. The average Bonchev–Trinajstić information content (AvgIpc) is 3.17. The Morgan fingerprint density at radius 1 is 1.03 bits per heavy atom. The van der Waals surface area contributed by atoms with Crippen molar-refractivity contribution in [3.8, 4) is 0 Å². The van der Waals surface area contributed by atoms with Gasteiger partial charge in [0, 0.05) is 55.1 Å². The number of carbonyl (C=O) groups is 2. The molecule has 2 fully saturated rings. The minimum Gasteiger partial charge on any atom is -0.361 e. The maximum absolute atomic E-state index is 13.7. The lowest BCUT2D eigenvalue weighted by atomic mass is 9.97. The predicted octanol–water partition coefficient (Wildman–Crippen LogP) is 3.63. The standard InChI is InChI=1S/C25H33ClN4O4S/c1-17-22(25(32)29-12-6-3-7-13-29)23(18(2)28-17)35(33,34)30-14-10-19(11-15-30)24(31)27-16-20-8-4-5-9-21(20)26/h4-5,8-9,19,28H,3,6-7,10-16H2,1-2H3,(H,27,31). The lowest BCUT2D eigenvalue weighted by Crippen LogP contribution is -2.43. The molecule has 0 bridgehead atoms. The molecule has 1 aromatic heterocycles. The summed E-state index contributed by atoms with van der Waals surface area (Å²) >= 11 is 6.17. The molecular weight excluding hydrogens is 488 g/mol. The van der Waals surface area contributed by atoms with E-state index in [-0.39, 0.29) is 41.3 Å². The number of hydrogen-bond acceptors (Lipinski definition) is 4. The highest BCUT2D eigenvalue weighted by molar-refractivity contribution is 7.89. The number of aryl methyl sites for hydroxylation is 2. The Kier molecular flexibility index (Phi) is 7.88. The smallest absolute Gasteiger partial charge is 0.257 e. The van der Waals surface area contributed by atoms with Crippen LogP contribution >= 0.6 is 11.6 Å². The van der Waals surface area contributed by atoms with Gasteiger partial charge in [-0.3, -0.25) is 9.59 Å². The first-order valence-corrected chi connectivity index (χ1v) is 14.0. The lowest BCUT2D eigenvalue weighted by Gasteiger charge is -2.31. The van der Waals surface area contributed by atoms with Crippen molar-refractivity contribution in [1.29, 1.82) is 0 Å². The number of aromatic nitrogens is 1. The Bertz CT molecular complexity index is 1200. The van der Waals surface area contributed by atoms with E-state index in [4.69, 9.17) is 11.6 Å². The highest BCUT2D eigenvalue weighted by atomic mass is 35.5. The number of halogens is 1. The third kappa shape index (κ3) is 5.42. The molecule has 10 heteroatoms. The van der Waals surface area contributed by atoms with Gasteiger partial charge in [-0.15, -0.1) is 0 Å². The van der Waals surface area contributed by atoms with Crippen molar-refractivity contribution in [1.82, 2.24) is 19.5 Å². The van der Waals surface area contributed by atoms with E-state index in [9.17, 15) is 18.0 Å². The molecule has 2 aliphatic rings. The van der Waals surface area contributed by atoms with Gasteiger partial charge in [0.05, 0.1) is 5.56 Å². The molecule has 0 radical (unpaired) electrons. The molecule has 2 N–H and O–H groups in total. The van der Waals surface area contributed by atoms with Crippen LogP contribution in [-0.4, -0.2) is 60.6 Å². The number of carbonyl (C=O) groups excluding carboxylic acids is 2. The number of benzene rings is 1. The first-order chi connectivity index (χ1) is 16.7. The Hall–Kier alpha value is -2.36. The van der Waals surface area contributed by atoms with Gasteiger partial charge in [0.15, 0.2) is 0 Å². The Labute approximate surface area is 212 Å². The quantitative estimate of drug-likeness (QED) is 0.607. The summed E-state index contributed by atoms with van der Waals surface area (Å²) in [5.41, 5.74) is 2.14. The molecule has 35 heavy (non-hydrogen) atoms. The molecule has 0 saturated carbocycles. The molecule has 0 spiro atoms. The average molecular weight is 521 g/mol. The maximum atomic E-state index is 13.7. The zero-order valence-corrected chi connectivity index (χ0v) is 21.8. The number of nitrogens with zero attached hydrogens (tertiary/aromatic N) is 2. The molecule has 3 heterocycles. The normalized spacial score (nSPS) is 18.0. The summed E-state index contributed by atoms with van der Waals surface area (Å²) in [7, 11) is -3.89. The monoisotopic (exact) mass is 520 g/mol. The second-order valence-corrected chi connectivity index (χ2v) is 11.7. The Morgan fingerprint density at radius 2 is 1.69 bits per heavy atom. The molecule has 2 aliphatic heterocycles. The van der Waals surface area contributed by atoms with Gasteiger partial charge in [0.25, 0.3) is 5.91 Å². The number of sulfonamides is 1. The number of piperidine rings is 2. The van der Waals surface area contributed by atoms with E-state index in [2.05, 4.69) is 10.3 Å². The van der Waals surface area contributed by atoms with Gasteiger partial charge < -0.3 is 15.2 Å². The van der Waals surface area contributed by atoms with E-state index in [1.165, 1.54) is 4.31 Å². The molecule has 190 valence electrons. The van der Waals surface area contributed by atoms with Gasteiger partial charge in [-0.05, 0) is 57.6 Å². The maximum Gasteiger partial charge on any atom is 0.257 e. The highest BCUT2D eigenvalue weighted by Crippen LogP contribution is 2.31. The molecule has 0 atom stereocenters. The molecule has 8 nitrogen and oxygen atoms in total. The third-order valence-corrected chi connectivity index (χ3v) is 9.45. The van der Waals surface area contributed by atoms with E-state index in [1.54, 1.807) is 24.8 Å². The van der Waals surface area contributed by atoms with Crippen LogP contribution in [0.1, 0.15) is 59.4 Å². The summed E-state index contributed by atoms with van der Waals surface area (Å²) < 4.78 is 28.8. The minimum absolute atomic E-state index is 0.0761. The van der Waals surface area contributed by atoms with Crippen molar-refractivity contribution in [2.75, 3.05) is 26.2 Å². The van der Waals surface area contributed by atoms with Gasteiger partial charge >= 0.3 is 0 Å². The molecule has 2 amide bonds. The Morgan fingerprint density at radius 3 is 2.34 bits per heavy atom. The number of rotatable bonds is 6. The van der Waals surface area contributed by atoms with Crippen LogP contribution in [0.3, 0.4) is 0 Å². The van der Waals surface area contributed by atoms with Crippen molar-refractivity contribution in [2.45, 2.75) is 57.4 Å². The summed E-state index contributed by atoms with van der Waals surface area (Å²) in [6.07, 6.45) is 3.79. The van der Waals surface area contributed by atoms with E-state index in [1.807, 2.05) is 18.2 Å². The first kappa shape index (κ1) is 25.7. The van der Waals surface area contributed by atoms with Gasteiger partial charge in [-0.2, -0.15) is 4.31 Å². The molecule has 0 aliphatic carbocycles. The van der Waals surface area contributed by atoms with Crippen LogP contribution in [0.4, 0.5) is 0 Å². The second-order valence-electron chi connectivity index (χ2n) is 9.42. The zero-order valence-electron chi connectivity index (χ0n) is 20.3. The van der Waals surface area contributed by atoms with Crippen molar-refractivity contribution in [3.05, 3.63) is 51.8 Å². The van der Waals surface area contributed by atoms with Gasteiger partial charge in [-0.1, -0.05) is 29.8 Å². The van der Waals surface area contributed by atoms with Crippen molar-refractivity contribution < 1.29 is 18.0 Å². The predicted molar refractivity (Wildman–Crippen MR) is 135 cm³/mol. The third-order valence-electron chi connectivity index (χ3n) is 7.01. The molecule has 1 aromatic carbocycles. The lowest BCUT2D eigenvalue weighted by molar-refractivity contribution is -0.126. The van der Waals surface area contributed by atoms with Crippen LogP contribution < -0.4 is 5.32 Å². The van der Waals surface area contributed by atoms with Gasteiger partial charge in [0.2, 0.25) is 15.9 Å². The second kappa shape index (κ2) is 10.7. The number of likely N-dealkylation sites (tertiary alicyclic amines) is 1. The molecular formula is C25H33ClN4O4S. The number of amides is 2. The van der Waals surface area contributed by atoms with Crippen LogP contribution in [-0.2, 0) is 21.4 Å². The van der Waals surface area contributed by atoms with Crippen molar-refractivity contribution >= 4 is 33.4 Å². The fourth-order valence-electron chi connectivity index (χ4n) is 5.05. The largest absolute Gasteiger partial charge is 0.361 e. The highest BCUT2D eigenvalue weighted by Gasteiger charge is 2.38. The van der Waals surface area contributed by atoms with Crippen LogP contribution in [0, 0.1) is 19.8 Å². The van der Waals surface area contributed by atoms with Gasteiger partial charge in [0.1, 0.15) is 4.90 Å². The summed E-state index contributed by atoms with van der Waals surface area (Å²) in [4.78, 5) is 30.9. The Balaban J connectivity index is 1.44. The topological polar surface area (TPSA) is 103 Å². The fourth-order valence-corrected chi connectivity index (χ4v) is 7.14. The van der Waals surface area contributed by atoms with Gasteiger partial charge in [-0.25, -0.2) is 8.42 Å². The van der Waals surface area contributed by atoms with Crippen LogP contribution in [0.2, 0.25) is 5.02 Å². The summed E-state index contributed by atoms with van der Waals surface area (Å²) in [6, 6.07) is 7.35. The van der Waals surface area contributed by atoms with Crippen molar-refractivity contribution in [2.24, 2.45) is 5.92 Å². The van der Waals surface area contributed by atoms with E-state index in [0.29, 0.717) is 48.9 Å². The van der Waals surface area contributed by atoms with E-state index < -0.39 is 10.0 Å². The van der Waals surface area contributed by atoms with E-state index >= 15 is 0 Å². The fraction of sp³-hybridized carbons (Fsp3) is 0.520. The number of aromatic amines is 1. The first-order valence-electron chi connectivity index (χ1n) is 12.2. The number of nitrogens with one attached hydrogen (secondary N) is 2. The molecule has 4 rings (SSSR count). The zero-order chi connectivity index (χ0) is 25.2. The molecule has 2 aromatic rings. The molecule has 0 unspecified atom stereocenters. The number of hydrogen-bond donors (Lipinski definition) is 2. The number of H-pyrrole nitrogens is 1. The van der Waals surface area contributed by atoms with Crippen LogP contribution in [0.25, 0.3) is 0 Å². The minimum atomic E-state index is -3.89. The summed E-state index contributed by atoms with van der Waals surface area (Å²) in [5.74, 6) is -0.594. The summed E-state index contributed by atoms with van der Waals surface area (Å²) in [6.45, 7) is 5.54.